The van der Waals surface area contributed by atoms with Gasteiger partial charge in [-0.25, -0.2) is 4.98 Å². The summed E-state index contributed by atoms with van der Waals surface area (Å²) in [6, 6.07) is 0. The third kappa shape index (κ3) is 4.17. The topological polar surface area (TPSA) is 91.0 Å². The van der Waals surface area contributed by atoms with Crippen LogP contribution in [0.1, 0.15) is 18.7 Å². The molecule has 1 atom stereocenters. The molecule has 1 aromatic heterocycles. The van der Waals surface area contributed by atoms with Gasteiger partial charge in [0, 0.05) is 6.54 Å². The number of H-pyrrole nitrogens is 1. The van der Waals surface area contributed by atoms with Gasteiger partial charge >= 0.3 is 6.18 Å². The van der Waals surface area contributed by atoms with Crippen LogP contribution in [0.4, 0.5) is 13.2 Å². The number of hydrogen-bond donors (Lipinski definition) is 2. The van der Waals surface area contributed by atoms with Crippen molar-refractivity contribution in [3.63, 3.8) is 0 Å². The molecule has 1 aliphatic heterocycles. The van der Waals surface area contributed by atoms with Crippen molar-refractivity contribution in [1.82, 2.24) is 25.4 Å². The van der Waals surface area contributed by atoms with Gasteiger partial charge in [0.25, 0.3) is 0 Å². The van der Waals surface area contributed by atoms with E-state index >= 15 is 0 Å². The molecule has 0 aliphatic carbocycles. The zero-order valence-electron chi connectivity index (χ0n) is 11.0. The van der Waals surface area contributed by atoms with Gasteiger partial charge in [0.05, 0.1) is 6.54 Å². The molecule has 10 heteroatoms. The van der Waals surface area contributed by atoms with Crippen LogP contribution in [0.25, 0.3) is 0 Å². The van der Waals surface area contributed by atoms with E-state index in [-0.39, 0.29) is 19.5 Å². The van der Waals surface area contributed by atoms with E-state index in [2.05, 4.69) is 20.5 Å². The summed E-state index contributed by atoms with van der Waals surface area (Å²) in [4.78, 5) is 28.3. The highest BCUT2D eigenvalue weighted by atomic mass is 19.4. The number of halogens is 3. The molecule has 0 saturated carbocycles. The molecule has 2 heterocycles. The number of alkyl halides is 3. The van der Waals surface area contributed by atoms with E-state index in [1.165, 1.54) is 6.33 Å². The van der Waals surface area contributed by atoms with E-state index in [0.717, 1.165) is 0 Å². The molecule has 1 unspecified atom stereocenters. The van der Waals surface area contributed by atoms with E-state index in [4.69, 9.17) is 0 Å². The molecule has 2 rings (SSSR count). The average Bonchev–Trinajstić information content (AvgIpc) is 2.90. The lowest BCUT2D eigenvalue weighted by atomic mass is 9.96. The fraction of sp³-hybridized carbons (Fsp3) is 0.636. The van der Waals surface area contributed by atoms with Crippen LogP contribution in [-0.4, -0.2) is 51.2 Å². The van der Waals surface area contributed by atoms with E-state index in [0.29, 0.717) is 17.1 Å². The van der Waals surface area contributed by atoms with Crippen LogP contribution in [0, 0.1) is 5.92 Å². The Balaban J connectivity index is 1.92. The minimum atomic E-state index is -4.46. The van der Waals surface area contributed by atoms with Crippen LogP contribution in [0.2, 0.25) is 0 Å². The quantitative estimate of drug-likeness (QED) is 0.779. The van der Waals surface area contributed by atoms with Gasteiger partial charge in [-0.1, -0.05) is 0 Å². The zero-order chi connectivity index (χ0) is 15.5. The van der Waals surface area contributed by atoms with Crippen LogP contribution in [0.5, 0.6) is 0 Å². The van der Waals surface area contributed by atoms with Crippen molar-refractivity contribution in [3.05, 3.63) is 12.2 Å². The van der Waals surface area contributed by atoms with Crippen LogP contribution in [-0.2, 0) is 16.1 Å². The Hall–Kier alpha value is -2.13. The number of carbonyl (C=O) groups is 2. The van der Waals surface area contributed by atoms with E-state index in [1.54, 1.807) is 0 Å². The number of rotatable bonds is 4. The maximum atomic E-state index is 12.4. The summed E-state index contributed by atoms with van der Waals surface area (Å²) < 4.78 is 37.1. The first-order valence-electron chi connectivity index (χ1n) is 6.34. The number of amides is 2. The normalized spacial score (nSPS) is 19.7. The fourth-order valence-corrected chi connectivity index (χ4v) is 2.17. The first-order chi connectivity index (χ1) is 9.87. The molecule has 0 aromatic carbocycles. The minimum absolute atomic E-state index is 0.0181. The van der Waals surface area contributed by atoms with Gasteiger partial charge in [-0.2, -0.15) is 18.3 Å². The summed E-state index contributed by atoms with van der Waals surface area (Å²) in [6.07, 6.45) is -2.59. The number of nitrogens with one attached hydrogen (secondary N) is 2. The lowest BCUT2D eigenvalue weighted by Crippen LogP contribution is -2.50. The van der Waals surface area contributed by atoms with Crippen molar-refractivity contribution in [1.29, 1.82) is 0 Å². The second kappa shape index (κ2) is 6.10. The summed E-state index contributed by atoms with van der Waals surface area (Å²) >= 11 is 0. The number of likely N-dealkylation sites (tertiary alicyclic amines) is 1. The average molecular weight is 305 g/mol. The molecule has 2 amide bonds. The van der Waals surface area contributed by atoms with Crippen molar-refractivity contribution in [3.8, 4) is 0 Å². The molecule has 1 saturated heterocycles. The third-order valence-electron chi connectivity index (χ3n) is 3.11. The standard InChI is InChI=1S/C11H14F3N5O2/c12-11(13,14)5-19-3-1-2-7(10(19)21)9(20)15-4-8-16-6-17-18-8/h6-7H,1-5H2,(H,15,20)(H,16,17,18). The first kappa shape index (κ1) is 15.3. The number of aromatic nitrogens is 3. The molecule has 1 aliphatic rings. The molecule has 0 spiro atoms. The van der Waals surface area contributed by atoms with Gasteiger partial charge in [0.15, 0.2) is 0 Å². The third-order valence-corrected chi connectivity index (χ3v) is 3.11. The molecule has 1 aromatic rings. The lowest BCUT2D eigenvalue weighted by Gasteiger charge is -2.32. The zero-order valence-corrected chi connectivity index (χ0v) is 11.0. The SMILES string of the molecule is O=C(NCc1ncn[nH]1)C1CCCN(CC(F)(F)F)C1=O. The largest absolute Gasteiger partial charge is 0.406 e. The Morgan fingerprint density at radius 1 is 1.52 bits per heavy atom. The Morgan fingerprint density at radius 2 is 2.29 bits per heavy atom. The summed E-state index contributed by atoms with van der Waals surface area (Å²) in [5.74, 6) is -2.06. The predicted molar refractivity (Wildman–Crippen MR) is 63.6 cm³/mol. The number of aromatic amines is 1. The smallest absolute Gasteiger partial charge is 0.348 e. The highest BCUT2D eigenvalue weighted by Gasteiger charge is 2.39. The second-order valence-corrected chi connectivity index (χ2v) is 4.72. The van der Waals surface area contributed by atoms with Crippen molar-refractivity contribution in [2.24, 2.45) is 5.92 Å². The molecule has 21 heavy (non-hydrogen) atoms. The Bertz CT molecular complexity index is 502. The molecule has 0 bridgehead atoms. The van der Waals surface area contributed by atoms with Gasteiger partial charge in [-0.15, -0.1) is 0 Å². The van der Waals surface area contributed by atoms with Crippen molar-refractivity contribution < 1.29 is 22.8 Å². The molecule has 116 valence electrons. The van der Waals surface area contributed by atoms with Crippen LogP contribution in [0.3, 0.4) is 0 Å². The monoisotopic (exact) mass is 305 g/mol. The molecule has 1 fully saturated rings. The van der Waals surface area contributed by atoms with Crippen molar-refractivity contribution in [2.75, 3.05) is 13.1 Å². The summed E-state index contributed by atoms with van der Waals surface area (Å²) in [5, 5.41) is 8.59. The van der Waals surface area contributed by atoms with E-state index in [9.17, 15) is 22.8 Å². The number of piperidine rings is 1. The fourth-order valence-electron chi connectivity index (χ4n) is 2.17. The van der Waals surface area contributed by atoms with Gasteiger partial charge in [-0.05, 0) is 12.8 Å². The first-order valence-corrected chi connectivity index (χ1v) is 6.34. The highest BCUT2D eigenvalue weighted by Crippen LogP contribution is 2.23. The predicted octanol–water partition coefficient (Wildman–Crippen LogP) is 0.222. The molecule has 0 radical (unpaired) electrons. The number of hydrogen-bond acceptors (Lipinski definition) is 4. The number of carbonyl (C=O) groups excluding carboxylic acids is 2. The second-order valence-electron chi connectivity index (χ2n) is 4.72. The van der Waals surface area contributed by atoms with Crippen LogP contribution >= 0.6 is 0 Å². The van der Waals surface area contributed by atoms with Crippen LogP contribution in [0.15, 0.2) is 6.33 Å². The van der Waals surface area contributed by atoms with Gasteiger partial charge < -0.3 is 10.2 Å². The molecular weight excluding hydrogens is 291 g/mol. The summed E-state index contributed by atoms with van der Waals surface area (Å²) in [5.41, 5.74) is 0. The molecule has 7 nitrogen and oxygen atoms in total. The van der Waals surface area contributed by atoms with Crippen molar-refractivity contribution in [2.45, 2.75) is 25.6 Å². The highest BCUT2D eigenvalue weighted by molar-refractivity contribution is 6.00. The minimum Gasteiger partial charge on any atom is -0.348 e. The molecule has 2 N–H and O–H groups in total. The van der Waals surface area contributed by atoms with Crippen LogP contribution < -0.4 is 5.32 Å². The summed E-state index contributed by atoms with van der Waals surface area (Å²) in [7, 11) is 0. The van der Waals surface area contributed by atoms with Gasteiger partial charge in [0.1, 0.15) is 24.6 Å². The van der Waals surface area contributed by atoms with Gasteiger partial charge in [0.2, 0.25) is 11.8 Å². The Labute approximate surface area is 117 Å². The Kier molecular flexibility index (Phi) is 4.43. The lowest BCUT2D eigenvalue weighted by molar-refractivity contribution is -0.168. The van der Waals surface area contributed by atoms with E-state index < -0.39 is 30.5 Å². The number of nitrogens with zero attached hydrogens (tertiary/aromatic N) is 3. The van der Waals surface area contributed by atoms with E-state index in [1.807, 2.05) is 0 Å². The summed E-state index contributed by atoms with van der Waals surface area (Å²) in [6.45, 7) is -1.26. The maximum Gasteiger partial charge on any atom is 0.406 e. The maximum absolute atomic E-state index is 12.4. The van der Waals surface area contributed by atoms with Gasteiger partial charge in [-0.3, -0.25) is 14.7 Å². The Morgan fingerprint density at radius 3 is 2.90 bits per heavy atom. The molecular formula is C11H14F3N5O2. The van der Waals surface area contributed by atoms with Crippen molar-refractivity contribution >= 4 is 11.8 Å².